The molecule has 1 aliphatic heterocycles. The van der Waals surface area contributed by atoms with E-state index < -0.39 is 0 Å². The van der Waals surface area contributed by atoms with Crippen LogP contribution in [0.25, 0.3) is 0 Å². The topological polar surface area (TPSA) is 58.4 Å². The molecule has 1 saturated heterocycles. The molecule has 1 aromatic carbocycles. The van der Waals surface area contributed by atoms with Gasteiger partial charge in [0.2, 0.25) is 0 Å². The number of nitro groups is 1. The van der Waals surface area contributed by atoms with Crippen molar-refractivity contribution >= 4 is 17.3 Å². The molecule has 0 aromatic heterocycles. The Morgan fingerprint density at radius 3 is 2.78 bits per heavy atom. The van der Waals surface area contributed by atoms with Crippen molar-refractivity contribution in [2.75, 3.05) is 19.6 Å². The molecule has 1 fully saturated rings. The first-order valence-corrected chi connectivity index (χ1v) is 6.37. The number of likely N-dealkylation sites (N-methyl/N-ethyl adjacent to an activating group) is 1. The van der Waals surface area contributed by atoms with Gasteiger partial charge in [0.05, 0.1) is 15.5 Å². The van der Waals surface area contributed by atoms with Gasteiger partial charge in [0, 0.05) is 31.7 Å². The lowest BCUT2D eigenvalue weighted by Gasteiger charge is -2.37. The highest BCUT2D eigenvalue weighted by molar-refractivity contribution is 6.31. The van der Waals surface area contributed by atoms with E-state index in [1.807, 2.05) is 0 Å². The first-order valence-electron chi connectivity index (χ1n) is 6.00. The van der Waals surface area contributed by atoms with E-state index in [2.05, 4.69) is 17.1 Å². The number of nitro benzene ring substituents is 1. The van der Waals surface area contributed by atoms with Crippen LogP contribution in [0.15, 0.2) is 18.2 Å². The van der Waals surface area contributed by atoms with Gasteiger partial charge in [-0.05, 0) is 12.6 Å². The van der Waals surface area contributed by atoms with Crippen molar-refractivity contribution in [3.8, 4) is 0 Å². The Labute approximate surface area is 111 Å². The van der Waals surface area contributed by atoms with Gasteiger partial charge in [-0.25, -0.2) is 0 Å². The normalized spacial score (nSPS) is 15.7. The molecule has 0 amide bonds. The molecule has 6 heteroatoms. The maximum atomic E-state index is 11.0. The van der Waals surface area contributed by atoms with Gasteiger partial charge in [-0.15, -0.1) is 0 Å². The van der Waals surface area contributed by atoms with Gasteiger partial charge in [0.1, 0.15) is 0 Å². The number of hydrogen-bond donors (Lipinski definition) is 1. The third kappa shape index (κ3) is 2.63. The van der Waals surface area contributed by atoms with Gasteiger partial charge in [-0.2, -0.15) is 0 Å². The van der Waals surface area contributed by atoms with Crippen molar-refractivity contribution in [2.24, 2.45) is 0 Å². The van der Waals surface area contributed by atoms with Crippen LogP contribution < -0.4 is 5.32 Å². The predicted molar refractivity (Wildman–Crippen MR) is 70.8 cm³/mol. The summed E-state index contributed by atoms with van der Waals surface area (Å²) in [6.45, 7) is 5.31. The fourth-order valence-electron chi connectivity index (χ4n) is 2.11. The van der Waals surface area contributed by atoms with E-state index in [9.17, 15) is 10.1 Å². The SMILES string of the molecule is CCN(Cc1c(Cl)cccc1[N+](=O)[O-])C1CNC1. The molecule has 0 spiro atoms. The number of nitrogens with zero attached hydrogens (tertiary/aromatic N) is 2. The third-order valence-electron chi connectivity index (χ3n) is 3.33. The molecule has 1 N–H and O–H groups in total. The van der Waals surface area contributed by atoms with Crippen molar-refractivity contribution < 1.29 is 4.92 Å². The number of hydrogen-bond acceptors (Lipinski definition) is 4. The van der Waals surface area contributed by atoms with Crippen LogP contribution in [0.1, 0.15) is 12.5 Å². The molecule has 5 nitrogen and oxygen atoms in total. The summed E-state index contributed by atoms with van der Waals surface area (Å²) in [6, 6.07) is 5.28. The fourth-order valence-corrected chi connectivity index (χ4v) is 2.34. The molecule has 0 bridgehead atoms. The molecule has 0 atom stereocenters. The number of benzene rings is 1. The maximum Gasteiger partial charge on any atom is 0.275 e. The van der Waals surface area contributed by atoms with E-state index >= 15 is 0 Å². The van der Waals surface area contributed by atoms with Crippen LogP contribution in [0.4, 0.5) is 5.69 Å². The molecular formula is C12H16ClN3O2. The smallest absolute Gasteiger partial charge is 0.275 e. The molecule has 98 valence electrons. The van der Waals surface area contributed by atoms with Crippen LogP contribution in [0.2, 0.25) is 5.02 Å². The number of rotatable bonds is 5. The molecule has 0 saturated carbocycles. The lowest BCUT2D eigenvalue weighted by molar-refractivity contribution is -0.385. The number of nitrogens with one attached hydrogen (secondary N) is 1. The molecule has 1 aliphatic rings. The highest BCUT2D eigenvalue weighted by atomic mass is 35.5. The van der Waals surface area contributed by atoms with E-state index in [0.29, 0.717) is 23.2 Å². The van der Waals surface area contributed by atoms with Crippen LogP contribution >= 0.6 is 11.6 Å². The van der Waals surface area contributed by atoms with E-state index in [-0.39, 0.29) is 10.6 Å². The zero-order chi connectivity index (χ0) is 13.1. The summed E-state index contributed by atoms with van der Waals surface area (Å²) in [5.74, 6) is 0. The number of halogens is 1. The van der Waals surface area contributed by atoms with Crippen LogP contribution in [0.5, 0.6) is 0 Å². The highest BCUT2D eigenvalue weighted by Crippen LogP contribution is 2.28. The van der Waals surface area contributed by atoms with Crippen LogP contribution in [-0.4, -0.2) is 35.5 Å². The Balaban J connectivity index is 2.23. The monoisotopic (exact) mass is 269 g/mol. The van der Waals surface area contributed by atoms with Crippen molar-refractivity contribution in [3.05, 3.63) is 38.9 Å². The third-order valence-corrected chi connectivity index (χ3v) is 3.69. The zero-order valence-corrected chi connectivity index (χ0v) is 11.0. The van der Waals surface area contributed by atoms with Gasteiger partial charge >= 0.3 is 0 Å². The quantitative estimate of drug-likeness (QED) is 0.656. The van der Waals surface area contributed by atoms with E-state index in [4.69, 9.17) is 11.6 Å². The van der Waals surface area contributed by atoms with E-state index in [1.165, 1.54) is 6.07 Å². The molecule has 0 radical (unpaired) electrons. The standard InChI is InChI=1S/C12H16ClN3O2/c1-2-15(9-6-14-7-9)8-10-11(13)4-3-5-12(10)16(17)18/h3-5,9,14H,2,6-8H2,1H3. The average Bonchev–Trinajstić information content (AvgIpc) is 2.27. The minimum absolute atomic E-state index is 0.105. The molecule has 1 aromatic rings. The Morgan fingerprint density at radius 2 is 2.28 bits per heavy atom. The minimum Gasteiger partial charge on any atom is -0.314 e. The molecular weight excluding hydrogens is 254 g/mol. The van der Waals surface area contributed by atoms with Gasteiger partial charge in [-0.1, -0.05) is 24.6 Å². The van der Waals surface area contributed by atoms with Crippen molar-refractivity contribution in [3.63, 3.8) is 0 Å². The fraction of sp³-hybridized carbons (Fsp3) is 0.500. The lowest BCUT2D eigenvalue weighted by atomic mass is 10.1. The summed E-state index contributed by atoms with van der Waals surface area (Å²) < 4.78 is 0. The molecule has 1 heterocycles. The van der Waals surface area contributed by atoms with Crippen molar-refractivity contribution in [1.82, 2.24) is 10.2 Å². The molecule has 18 heavy (non-hydrogen) atoms. The summed E-state index contributed by atoms with van der Waals surface area (Å²) in [5.41, 5.74) is 0.714. The minimum atomic E-state index is -0.367. The Kier molecular flexibility index (Phi) is 4.16. The largest absolute Gasteiger partial charge is 0.314 e. The predicted octanol–water partition coefficient (Wildman–Crippen LogP) is 2.04. The average molecular weight is 270 g/mol. The highest BCUT2D eigenvalue weighted by Gasteiger charge is 2.26. The molecule has 2 rings (SSSR count). The van der Waals surface area contributed by atoms with Gasteiger partial charge in [-0.3, -0.25) is 15.0 Å². The van der Waals surface area contributed by atoms with Gasteiger partial charge in [0.25, 0.3) is 5.69 Å². The summed E-state index contributed by atoms with van der Waals surface area (Å²) >= 11 is 6.09. The second-order valence-electron chi connectivity index (χ2n) is 4.37. The summed E-state index contributed by atoms with van der Waals surface area (Å²) in [7, 11) is 0. The summed E-state index contributed by atoms with van der Waals surface area (Å²) in [6.07, 6.45) is 0. The maximum absolute atomic E-state index is 11.0. The molecule has 0 unspecified atom stereocenters. The Morgan fingerprint density at radius 1 is 1.56 bits per heavy atom. The summed E-state index contributed by atoms with van der Waals surface area (Å²) in [4.78, 5) is 12.9. The van der Waals surface area contributed by atoms with E-state index in [0.717, 1.165) is 19.6 Å². The lowest BCUT2D eigenvalue weighted by Crippen LogP contribution is -2.56. The van der Waals surface area contributed by atoms with Crippen LogP contribution in [-0.2, 0) is 6.54 Å². The Bertz CT molecular complexity index is 449. The van der Waals surface area contributed by atoms with Crippen molar-refractivity contribution in [2.45, 2.75) is 19.5 Å². The van der Waals surface area contributed by atoms with Crippen LogP contribution in [0.3, 0.4) is 0 Å². The molecule has 0 aliphatic carbocycles. The van der Waals surface area contributed by atoms with Gasteiger partial charge < -0.3 is 5.32 Å². The summed E-state index contributed by atoms with van der Waals surface area (Å²) in [5, 5.41) is 14.7. The van der Waals surface area contributed by atoms with Gasteiger partial charge in [0.15, 0.2) is 0 Å². The van der Waals surface area contributed by atoms with Crippen molar-refractivity contribution in [1.29, 1.82) is 0 Å². The zero-order valence-electron chi connectivity index (χ0n) is 10.2. The second-order valence-corrected chi connectivity index (χ2v) is 4.78. The first-order chi connectivity index (χ1) is 8.63. The van der Waals surface area contributed by atoms with Crippen LogP contribution in [0, 0.1) is 10.1 Å². The second kappa shape index (κ2) is 5.65. The van der Waals surface area contributed by atoms with E-state index in [1.54, 1.807) is 12.1 Å². The Hall–Kier alpha value is -1.17. The first kappa shape index (κ1) is 13.3.